The number of rotatable bonds is 2. The van der Waals surface area contributed by atoms with Crippen LogP contribution < -0.4 is 0 Å². The fraction of sp³-hybridized carbons (Fsp3) is 0.294. The molecule has 0 saturated carbocycles. The Morgan fingerprint density at radius 1 is 1.32 bits per heavy atom. The normalized spacial score (nSPS) is 15.8. The summed E-state index contributed by atoms with van der Waals surface area (Å²) >= 11 is 1.75. The summed E-state index contributed by atoms with van der Waals surface area (Å²) in [6, 6.07) is 6.05. The first-order valence-corrected chi connectivity index (χ1v) is 8.32. The molecule has 0 spiro atoms. The molecule has 0 aliphatic carbocycles. The first-order valence-electron chi connectivity index (χ1n) is 7.34. The van der Waals surface area contributed by atoms with Gasteiger partial charge in [-0.1, -0.05) is 6.07 Å². The average Bonchev–Trinajstić information content (AvgIpc) is 2.78. The molecular formula is C17H19N3OS. The minimum atomic E-state index is 0.308. The van der Waals surface area contributed by atoms with E-state index in [1.807, 2.05) is 31.2 Å². The summed E-state index contributed by atoms with van der Waals surface area (Å²) in [5.41, 5.74) is 4.10. The van der Waals surface area contributed by atoms with Crippen molar-refractivity contribution in [3.8, 4) is 0 Å². The summed E-state index contributed by atoms with van der Waals surface area (Å²) < 4.78 is 2.14. The number of thioether (sulfide) groups is 1. The highest BCUT2D eigenvalue weighted by molar-refractivity contribution is 8.13. The van der Waals surface area contributed by atoms with Gasteiger partial charge in [0.15, 0.2) is 0 Å². The summed E-state index contributed by atoms with van der Waals surface area (Å²) in [7, 11) is 0. The highest BCUT2D eigenvalue weighted by Gasteiger charge is 2.11. The second kappa shape index (κ2) is 6.40. The number of aliphatic hydroxyl groups excluding tert-OH is 1. The third kappa shape index (κ3) is 3.25. The van der Waals surface area contributed by atoms with Crippen molar-refractivity contribution in [2.45, 2.75) is 32.4 Å². The second-order valence-corrected chi connectivity index (χ2v) is 6.37. The van der Waals surface area contributed by atoms with Crippen molar-refractivity contribution in [1.29, 1.82) is 0 Å². The summed E-state index contributed by atoms with van der Waals surface area (Å²) in [4.78, 5) is 9.20. The van der Waals surface area contributed by atoms with Crippen LogP contribution in [0.2, 0.25) is 0 Å². The molecule has 1 aliphatic rings. The third-order valence-electron chi connectivity index (χ3n) is 3.57. The zero-order valence-electron chi connectivity index (χ0n) is 12.8. The number of aromatic nitrogens is 2. The number of fused-ring (bicyclic) bond motifs is 1. The highest BCUT2D eigenvalue weighted by atomic mass is 32.2. The summed E-state index contributed by atoms with van der Waals surface area (Å²) in [6.45, 7) is 3.96. The number of aliphatic imine (C=N–C) groups is 1. The fourth-order valence-electron chi connectivity index (χ4n) is 2.50. The van der Waals surface area contributed by atoms with Crippen molar-refractivity contribution in [3.05, 3.63) is 59.4 Å². The zero-order valence-corrected chi connectivity index (χ0v) is 13.6. The quantitative estimate of drug-likeness (QED) is 0.893. The van der Waals surface area contributed by atoms with E-state index in [-0.39, 0.29) is 0 Å². The largest absolute Gasteiger partial charge is 0.508 e. The van der Waals surface area contributed by atoms with Crippen LogP contribution in [0.25, 0.3) is 5.65 Å². The molecule has 0 atom stereocenters. The Kier molecular flexibility index (Phi) is 4.34. The Morgan fingerprint density at radius 3 is 3.05 bits per heavy atom. The molecule has 0 unspecified atom stereocenters. The second-order valence-electron chi connectivity index (χ2n) is 5.32. The Hall–Kier alpha value is -2.01. The molecule has 114 valence electrons. The van der Waals surface area contributed by atoms with Crippen molar-refractivity contribution in [2.24, 2.45) is 4.99 Å². The standard InChI is InChI=1S/C17H19N3OS/c1-12-10-14(21)6-5-8-17(18-12)22-11-15-13(2)19-16-7-3-4-9-20(15)16/h3-4,6-7,9-10,21H,5,8,11H2,1-2H3. The lowest BCUT2D eigenvalue weighted by Crippen LogP contribution is -1.99. The number of pyridine rings is 1. The van der Waals surface area contributed by atoms with E-state index in [1.54, 1.807) is 17.8 Å². The van der Waals surface area contributed by atoms with Crippen molar-refractivity contribution >= 4 is 22.5 Å². The van der Waals surface area contributed by atoms with E-state index >= 15 is 0 Å². The van der Waals surface area contributed by atoms with E-state index in [9.17, 15) is 5.11 Å². The molecule has 0 bridgehead atoms. The van der Waals surface area contributed by atoms with Gasteiger partial charge in [-0.25, -0.2) is 4.98 Å². The van der Waals surface area contributed by atoms with Crippen LogP contribution in [0.4, 0.5) is 0 Å². The van der Waals surface area contributed by atoms with Gasteiger partial charge in [0.05, 0.1) is 16.4 Å². The molecule has 1 aliphatic heterocycles. The highest BCUT2D eigenvalue weighted by Crippen LogP contribution is 2.23. The molecular weight excluding hydrogens is 294 g/mol. The van der Waals surface area contributed by atoms with Crippen LogP contribution >= 0.6 is 11.8 Å². The van der Waals surface area contributed by atoms with Gasteiger partial charge < -0.3 is 9.51 Å². The molecule has 4 nitrogen and oxygen atoms in total. The molecule has 0 fully saturated rings. The minimum absolute atomic E-state index is 0.308. The van der Waals surface area contributed by atoms with E-state index in [1.165, 1.54) is 5.69 Å². The fourth-order valence-corrected chi connectivity index (χ4v) is 3.62. The SMILES string of the molecule is CC1=CC(O)=CCCC(SCc2c(C)nc3ccccn23)=N1. The van der Waals surface area contributed by atoms with Gasteiger partial charge in [-0.2, -0.15) is 0 Å². The van der Waals surface area contributed by atoms with Gasteiger partial charge in [0, 0.05) is 23.7 Å². The lowest BCUT2D eigenvalue weighted by atomic mass is 10.2. The van der Waals surface area contributed by atoms with E-state index in [4.69, 9.17) is 0 Å². The van der Waals surface area contributed by atoms with Crippen molar-refractivity contribution in [2.75, 3.05) is 0 Å². The molecule has 2 aromatic heterocycles. The Balaban J connectivity index is 1.79. The lowest BCUT2D eigenvalue weighted by Gasteiger charge is -2.09. The molecule has 1 N–H and O–H groups in total. The van der Waals surface area contributed by atoms with Crippen LogP contribution in [0, 0.1) is 6.92 Å². The Morgan fingerprint density at radius 2 is 2.18 bits per heavy atom. The van der Waals surface area contributed by atoms with Gasteiger partial charge in [0.2, 0.25) is 0 Å². The average molecular weight is 313 g/mol. The minimum Gasteiger partial charge on any atom is -0.508 e. The predicted molar refractivity (Wildman–Crippen MR) is 92.4 cm³/mol. The molecule has 0 saturated heterocycles. The monoisotopic (exact) mass is 313 g/mol. The smallest absolute Gasteiger partial charge is 0.137 e. The van der Waals surface area contributed by atoms with Gasteiger partial charge >= 0.3 is 0 Å². The topological polar surface area (TPSA) is 49.9 Å². The van der Waals surface area contributed by atoms with Gasteiger partial charge in [-0.3, -0.25) is 4.99 Å². The summed E-state index contributed by atoms with van der Waals surface area (Å²) in [6.07, 6.45) is 7.28. The first kappa shape index (κ1) is 14.9. The van der Waals surface area contributed by atoms with E-state index in [2.05, 4.69) is 27.5 Å². The van der Waals surface area contributed by atoms with Crippen LogP contribution in [0.3, 0.4) is 0 Å². The number of nitrogens with zero attached hydrogens (tertiary/aromatic N) is 3. The zero-order chi connectivity index (χ0) is 15.5. The number of aryl methyl sites for hydroxylation is 1. The van der Waals surface area contributed by atoms with Gasteiger partial charge in [-0.15, -0.1) is 11.8 Å². The number of hydrogen-bond donors (Lipinski definition) is 1. The van der Waals surface area contributed by atoms with E-state index < -0.39 is 0 Å². The number of allylic oxidation sites excluding steroid dienone is 3. The maximum absolute atomic E-state index is 9.60. The summed E-state index contributed by atoms with van der Waals surface area (Å²) in [5, 5.41) is 10.7. The van der Waals surface area contributed by atoms with Gasteiger partial charge in [0.1, 0.15) is 11.4 Å². The summed E-state index contributed by atoms with van der Waals surface area (Å²) in [5.74, 6) is 1.15. The molecule has 0 amide bonds. The molecule has 0 aromatic carbocycles. The van der Waals surface area contributed by atoms with Crippen LogP contribution in [-0.4, -0.2) is 19.5 Å². The molecule has 22 heavy (non-hydrogen) atoms. The maximum atomic E-state index is 9.60. The van der Waals surface area contributed by atoms with Crippen LogP contribution in [0.1, 0.15) is 31.2 Å². The van der Waals surface area contributed by atoms with Crippen LogP contribution in [0.5, 0.6) is 0 Å². The molecule has 3 rings (SSSR count). The lowest BCUT2D eigenvalue weighted by molar-refractivity contribution is 0.428. The van der Waals surface area contributed by atoms with Crippen molar-refractivity contribution in [3.63, 3.8) is 0 Å². The molecule has 2 aromatic rings. The predicted octanol–water partition coefficient (Wildman–Crippen LogP) is 4.41. The first-order chi connectivity index (χ1) is 10.6. The molecule has 0 radical (unpaired) electrons. The number of imidazole rings is 1. The number of hydrogen-bond acceptors (Lipinski definition) is 4. The van der Waals surface area contributed by atoms with Gasteiger partial charge in [0.25, 0.3) is 0 Å². The van der Waals surface area contributed by atoms with Crippen molar-refractivity contribution < 1.29 is 5.11 Å². The van der Waals surface area contributed by atoms with Crippen molar-refractivity contribution in [1.82, 2.24) is 9.38 Å². The van der Waals surface area contributed by atoms with E-state index in [0.29, 0.717) is 5.76 Å². The Bertz CT molecular complexity index is 786. The van der Waals surface area contributed by atoms with Gasteiger partial charge in [-0.05, 0) is 44.9 Å². The third-order valence-corrected chi connectivity index (χ3v) is 4.62. The van der Waals surface area contributed by atoms with Crippen LogP contribution in [0.15, 0.2) is 53.0 Å². The maximum Gasteiger partial charge on any atom is 0.137 e. The van der Waals surface area contributed by atoms with E-state index in [0.717, 1.165) is 40.7 Å². The number of aliphatic hydroxyl groups is 1. The molecule has 3 heterocycles. The van der Waals surface area contributed by atoms with Crippen LogP contribution in [-0.2, 0) is 5.75 Å². The Labute approximate surface area is 134 Å². The molecule has 5 heteroatoms.